The van der Waals surface area contributed by atoms with Crippen LogP contribution in [0.15, 0.2) is 71.9 Å². The zero-order valence-electron chi connectivity index (χ0n) is 16.8. The number of aryl methyl sites for hydroxylation is 1. The Hall–Kier alpha value is -3.32. The molecular weight excluding hydrogens is 396 g/mol. The lowest BCUT2D eigenvalue weighted by molar-refractivity contribution is 0.601. The summed E-state index contributed by atoms with van der Waals surface area (Å²) in [5, 5.41) is 0.792. The third-order valence-corrected chi connectivity index (χ3v) is 7.06. The van der Waals surface area contributed by atoms with Gasteiger partial charge >= 0.3 is 0 Å². The smallest absolute Gasteiger partial charge is 0.261 e. The molecule has 4 aromatic rings. The predicted molar refractivity (Wildman–Crippen MR) is 120 cm³/mol. The molecule has 0 fully saturated rings. The van der Waals surface area contributed by atoms with Gasteiger partial charge in [0.15, 0.2) is 0 Å². The Morgan fingerprint density at radius 3 is 2.63 bits per heavy atom. The molecule has 0 atom stereocenters. The third-order valence-electron chi connectivity index (χ3n) is 5.68. The highest BCUT2D eigenvalue weighted by Crippen LogP contribution is 2.38. The first kappa shape index (κ1) is 18.7. The van der Waals surface area contributed by atoms with Gasteiger partial charge in [-0.2, -0.15) is 0 Å². The number of hydrogen-bond donors (Lipinski definition) is 1. The van der Waals surface area contributed by atoms with E-state index in [-0.39, 0.29) is 4.90 Å². The molecule has 0 saturated heterocycles. The molecule has 0 amide bonds. The average molecular weight is 419 g/mol. The van der Waals surface area contributed by atoms with Gasteiger partial charge in [0.25, 0.3) is 10.0 Å². The summed E-state index contributed by atoms with van der Waals surface area (Å²) in [5.74, 6) is 0. The molecule has 0 unspecified atom stereocenters. The fourth-order valence-corrected chi connectivity index (χ4v) is 5.21. The van der Waals surface area contributed by atoms with E-state index in [2.05, 4.69) is 39.9 Å². The third kappa shape index (κ3) is 3.02. The first-order valence-electron chi connectivity index (χ1n) is 9.80. The summed E-state index contributed by atoms with van der Waals surface area (Å²) >= 11 is 0. The molecule has 0 aliphatic carbocycles. The van der Waals surface area contributed by atoms with Crippen LogP contribution in [0.5, 0.6) is 0 Å². The number of pyridine rings is 1. The van der Waals surface area contributed by atoms with Gasteiger partial charge in [0.2, 0.25) is 0 Å². The standard InChI is InChI=1S/C23H22N4O2S/c1-26-13-11-16-8-9-17(14-21(16)26)19-15-27(2)23-22(19)20(10-12-24-23)25-30(28,29)18-6-4-3-5-7-18/h3-10,12,14-15H,11,13H2,1-2H3,(H,24,25). The van der Waals surface area contributed by atoms with E-state index >= 15 is 0 Å². The number of nitrogens with one attached hydrogen (secondary N) is 1. The molecule has 0 saturated carbocycles. The van der Waals surface area contributed by atoms with Crippen molar-refractivity contribution in [3.63, 3.8) is 0 Å². The molecular formula is C23H22N4O2S. The van der Waals surface area contributed by atoms with Crippen molar-refractivity contribution in [2.45, 2.75) is 11.3 Å². The van der Waals surface area contributed by atoms with Crippen molar-refractivity contribution in [1.82, 2.24) is 9.55 Å². The number of likely N-dealkylation sites (N-methyl/N-ethyl adjacent to an activating group) is 1. The van der Waals surface area contributed by atoms with E-state index in [9.17, 15) is 8.42 Å². The van der Waals surface area contributed by atoms with E-state index in [4.69, 9.17) is 0 Å². The van der Waals surface area contributed by atoms with Gasteiger partial charge < -0.3 is 9.47 Å². The maximum absolute atomic E-state index is 13.0. The fraction of sp³-hybridized carbons (Fsp3) is 0.174. The maximum atomic E-state index is 13.0. The second kappa shape index (κ2) is 6.88. The van der Waals surface area contributed by atoms with E-state index in [0.29, 0.717) is 5.69 Å². The second-order valence-corrected chi connectivity index (χ2v) is 9.33. The largest absolute Gasteiger partial charge is 0.374 e. The van der Waals surface area contributed by atoms with Crippen LogP contribution >= 0.6 is 0 Å². The Labute approximate surface area is 175 Å². The van der Waals surface area contributed by atoms with Crippen LogP contribution in [-0.2, 0) is 23.5 Å². The zero-order chi connectivity index (χ0) is 20.9. The molecule has 2 aromatic heterocycles. The molecule has 6 nitrogen and oxygen atoms in total. The number of rotatable bonds is 4. The van der Waals surface area contributed by atoms with Crippen LogP contribution in [0.3, 0.4) is 0 Å². The van der Waals surface area contributed by atoms with E-state index in [1.54, 1.807) is 42.6 Å². The van der Waals surface area contributed by atoms with Crippen LogP contribution in [0.25, 0.3) is 22.2 Å². The van der Waals surface area contributed by atoms with Gasteiger partial charge in [-0.25, -0.2) is 13.4 Å². The van der Waals surface area contributed by atoms with E-state index < -0.39 is 10.0 Å². The molecule has 0 bridgehead atoms. The maximum Gasteiger partial charge on any atom is 0.261 e. The lowest BCUT2D eigenvalue weighted by Gasteiger charge is -2.14. The van der Waals surface area contributed by atoms with Crippen molar-refractivity contribution < 1.29 is 8.42 Å². The lowest BCUT2D eigenvalue weighted by Crippen LogP contribution is -2.13. The van der Waals surface area contributed by atoms with E-state index in [0.717, 1.165) is 35.1 Å². The normalized spacial score (nSPS) is 13.6. The van der Waals surface area contributed by atoms with Gasteiger partial charge in [0.05, 0.1) is 16.0 Å². The van der Waals surface area contributed by atoms with E-state index in [1.807, 2.05) is 17.8 Å². The SMILES string of the molecule is CN1CCc2ccc(-c3cn(C)c4nccc(NS(=O)(=O)c5ccccc5)c34)cc21. The van der Waals surface area contributed by atoms with Crippen LogP contribution in [0.1, 0.15) is 5.56 Å². The van der Waals surface area contributed by atoms with Crippen molar-refractivity contribution in [3.8, 4) is 11.1 Å². The summed E-state index contributed by atoms with van der Waals surface area (Å²) in [6, 6.07) is 16.6. The van der Waals surface area contributed by atoms with Gasteiger partial charge in [-0.05, 0) is 41.8 Å². The van der Waals surface area contributed by atoms with Gasteiger partial charge in [-0.1, -0.05) is 30.3 Å². The van der Waals surface area contributed by atoms with Crippen LogP contribution in [0, 0.1) is 0 Å². The van der Waals surface area contributed by atoms with Crippen LogP contribution < -0.4 is 9.62 Å². The molecule has 5 rings (SSSR count). The highest BCUT2D eigenvalue weighted by atomic mass is 32.2. The minimum Gasteiger partial charge on any atom is -0.374 e. The Kier molecular flexibility index (Phi) is 4.29. The highest BCUT2D eigenvalue weighted by Gasteiger charge is 2.21. The summed E-state index contributed by atoms with van der Waals surface area (Å²) in [6.45, 7) is 1.01. The number of nitrogens with zero attached hydrogens (tertiary/aromatic N) is 3. The van der Waals surface area contributed by atoms with Crippen LogP contribution in [-0.4, -0.2) is 31.6 Å². The Morgan fingerprint density at radius 2 is 1.83 bits per heavy atom. The lowest BCUT2D eigenvalue weighted by atomic mass is 10.0. The molecule has 0 radical (unpaired) electrons. The number of fused-ring (bicyclic) bond motifs is 2. The number of benzene rings is 2. The molecule has 1 aliphatic heterocycles. The minimum atomic E-state index is -3.71. The van der Waals surface area contributed by atoms with Gasteiger partial charge in [-0.3, -0.25) is 4.72 Å². The summed E-state index contributed by atoms with van der Waals surface area (Å²) in [6.07, 6.45) is 4.69. The van der Waals surface area contributed by atoms with E-state index in [1.165, 1.54) is 11.3 Å². The molecule has 3 heterocycles. The minimum absolute atomic E-state index is 0.228. The Balaban J connectivity index is 1.66. The molecule has 0 spiro atoms. The quantitative estimate of drug-likeness (QED) is 0.543. The number of sulfonamides is 1. The van der Waals surface area contributed by atoms with Gasteiger partial charge in [0.1, 0.15) is 5.65 Å². The van der Waals surface area contributed by atoms with Crippen molar-refractivity contribution in [2.75, 3.05) is 23.2 Å². The first-order chi connectivity index (χ1) is 14.4. The highest BCUT2D eigenvalue weighted by molar-refractivity contribution is 7.92. The summed E-state index contributed by atoms with van der Waals surface area (Å²) in [4.78, 5) is 6.98. The average Bonchev–Trinajstić information content (AvgIpc) is 3.29. The van der Waals surface area contributed by atoms with Crippen LogP contribution in [0.2, 0.25) is 0 Å². The number of aromatic nitrogens is 2. The second-order valence-electron chi connectivity index (χ2n) is 7.64. The topological polar surface area (TPSA) is 67.2 Å². The molecule has 1 aliphatic rings. The fourth-order valence-electron chi connectivity index (χ4n) is 4.12. The molecule has 152 valence electrons. The number of anilines is 2. The summed E-state index contributed by atoms with van der Waals surface area (Å²) < 4.78 is 30.6. The van der Waals surface area contributed by atoms with Crippen LogP contribution in [0.4, 0.5) is 11.4 Å². The Bertz CT molecular complexity index is 1360. The van der Waals surface area contributed by atoms with Crippen molar-refractivity contribution in [3.05, 3.63) is 72.6 Å². The van der Waals surface area contributed by atoms with Gasteiger partial charge in [-0.15, -0.1) is 0 Å². The summed E-state index contributed by atoms with van der Waals surface area (Å²) in [5.41, 5.74) is 5.81. The zero-order valence-corrected chi connectivity index (χ0v) is 17.6. The number of hydrogen-bond acceptors (Lipinski definition) is 4. The van der Waals surface area contributed by atoms with Crippen molar-refractivity contribution in [1.29, 1.82) is 0 Å². The van der Waals surface area contributed by atoms with Crippen molar-refractivity contribution in [2.24, 2.45) is 7.05 Å². The summed E-state index contributed by atoms with van der Waals surface area (Å²) in [7, 11) is 0.313. The molecule has 1 N–H and O–H groups in total. The monoisotopic (exact) mass is 418 g/mol. The molecule has 2 aromatic carbocycles. The molecule has 7 heteroatoms. The van der Waals surface area contributed by atoms with Crippen molar-refractivity contribution >= 4 is 32.4 Å². The first-order valence-corrected chi connectivity index (χ1v) is 11.3. The predicted octanol–water partition coefficient (Wildman–Crippen LogP) is 4.03. The Morgan fingerprint density at radius 1 is 1.03 bits per heavy atom. The van der Waals surface area contributed by atoms with Gasteiger partial charge in [0, 0.05) is 44.3 Å². The molecule has 30 heavy (non-hydrogen) atoms.